The van der Waals surface area contributed by atoms with Gasteiger partial charge in [-0.05, 0) is 19.4 Å². The Bertz CT molecular complexity index is 428. The molecule has 92 valence electrons. The smallest absolute Gasteiger partial charge is 0.315 e. The zero-order valence-corrected chi connectivity index (χ0v) is 10.3. The molecule has 0 aromatic heterocycles. The molecule has 0 heterocycles. The fraction of sp³-hybridized carbons (Fsp3) is 0.385. The Hall–Kier alpha value is -1.84. The first-order valence-electron chi connectivity index (χ1n) is 5.45. The highest BCUT2D eigenvalue weighted by Crippen LogP contribution is 2.09. The molecule has 0 bridgehead atoms. The van der Waals surface area contributed by atoms with Gasteiger partial charge in [0.2, 0.25) is 5.91 Å². The molecular weight excluding hydrogens is 218 g/mol. The fourth-order valence-corrected chi connectivity index (χ4v) is 1.60. The van der Waals surface area contributed by atoms with Crippen LogP contribution in [0.15, 0.2) is 24.3 Å². The molecule has 0 saturated heterocycles. The third-order valence-electron chi connectivity index (χ3n) is 2.62. The van der Waals surface area contributed by atoms with Gasteiger partial charge in [-0.15, -0.1) is 0 Å². The number of carboxylic acid groups (broad SMARTS) is 1. The second-order valence-electron chi connectivity index (χ2n) is 4.24. The van der Waals surface area contributed by atoms with Crippen LogP contribution in [0.4, 0.5) is 0 Å². The summed E-state index contributed by atoms with van der Waals surface area (Å²) in [5.41, 5.74) is 2.12. The van der Waals surface area contributed by atoms with Crippen LogP contribution in [-0.2, 0) is 16.1 Å². The van der Waals surface area contributed by atoms with Crippen LogP contribution < -0.4 is 0 Å². The third kappa shape index (κ3) is 3.59. The van der Waals surface area contributed by atoms with Gasteiger partial charge >= 0.3 is 5.97 Å². The van der Waals surface area contributed by atoms with E-state index in [4.69, 9.17) is 5.11 Å². The van der Waals surface area contributed by atoms with Gasteiger partial charge in [-0.3, -0.25) is 9.59 Å². The van der Waals surface area contributed by atoms with Crippen molar-refractivity contribution in [2.75, 3.05) is 7.05 Å². The molecule has 0 spiro atoms. The van der Waals surface area contributed by atoms with Crippen molar-refractivity contribution in [1.82, 2.24) is 4.90 Å². The van der Waals surface area contributed by atoms with Crippen LogP contribution in [0.2, 0.25) is 0 Å². The minimum atomic E-state index is -1.09. The number of nitrogens with zero attached hydrogens (tertiary/aromatic N) is 1. The lowest BCUT2D eigenvalue weighted by Gasteiger charge is -2.19. The number of rotatable bonds is 4. The van der Waals surface area contributed by atoms with Gasteiger partial charge in [-0.2, -0.15) is 0 Å². The standard InChI is InChI=1S/C13H17NO3/c1-9-5-4-6-11(7-9)8-14(3)12(15)10(2)13(16)17/h4-7,10H,8H2,1-3H3,(H,16,17). The van der Waals surface area contributed by atoms with Gasteiger partial charge in [0.15, 0.2) is 0 Å². The molecule has 0 aliphatic rings. The van der Waals surface area contributed by atoms with Crippen molar-refractivity contribution < 1.29 is 14.7 Å². The Morgan fingerprint density at radius 2 is 2.06 bits per heavy atom. The van der Waals surface area contributed by atoms with Gasteiger partial charge in [-0.1, -0.05) is 29.8 Å². The predicted octanol–water partition coefficient (Wildman–Crippen LogP) is 1.67. The number of amides is 1. The van der Waals surface area contributed by atoms with Crippen molar-refractivity contribution in [3.63, 3.8) is 0 Å². The van der Waals surface area contributed by atoms with Gasteiger partial charge < -0.3 is 10.0 Å². The number of carboxylic acids is 1. The van der Waals surface area contributed by atoms with E-state index in [1.165, 1.54) is 11.8 Å². The molecule has 0 radical (unpaired) electrons. The van der Waals surface area contributed by atoms with Crippen LogP contribution in [-0.4, -0.2) is 28.9 Å². The largest absolute Gasteiger partial charge is 0.481 e. The van der Waals surface area contributed by atoms with Crippen LogP contribution in [0.25, 0.3) is 0 Å². The van der Waals surface area contributed by atoms with Gasteiger partial charge in [0.25, 0.3) is 0 Å². The fourth-order valence-electron chi connectivity index (χ4n) is 1.60. The molecule has 1 amide bonds. The topological polar surface area (TPSA) is 57.6 Å². The lowest BCUT2D eigenvalue weighted by Crippen LogP contribution is -2.34. The Kier molecular flexibility index (Phi) is 4.26. The Labute approximate surface area is 101 Å². The Morgan fingerprint density at radius 1 is 1.41 bits per heavy atom. The summed E-state index contributed by atoms with van der Waals surface area (Å²) in [5, 5.41) is 8.76. The van der Waals surface area contributed by atoms with Crippen molar-refractivity contribution in [3.05, 3.63) is 35.4 Å². The second-order valence-corrected chi connectivity index (χ2v) is 4.24. The average molecular weight is 235 g/mol. The maximum atomic E-state index is 11.7. The number of aliphatic carboxylic acids is 1. The van der Waals surface area contributed by atoms with E-state index in [0.717, 1.165) is 11.1 Å². The Balaban J connectivity index is 2.69. The molecular formula is C13H17NO3. The number of aryl methyl sites for hydroxylation is 1. The number of carbonyl (C=O) groups is 2. The van der Waals surface area contributed by atoms with E-state index in [2.05, 4.69) is 0 Å². The van der Waals surface area contributed by atoms with Gasteiger partial charge in [0, 0.05) is 13.6 Å². The van der Waals surface area contributed by atoms with Crippen LogP contribution in [0.3, 0.4) is 0 Å². The van der Waals surface area contributed by atoms with E-state index in [1.54, 1.807) is 7.05 Å². The molecule has 1 aromatic rings. The minimum absolute atomic E-state index is 0.376. The number of hydrogen-bond acceptors (Lipinski definition) is 2. The van der Waals surface area contributed by atoms with Crippen LogP contribution in [0, 0.1) is 12.8 Å². The number of benzene rings is 1. The molecule has 17 heavy (non-hydrogen) atoms. The summed E-state index contributed by atoms with van der Waals surface area (Å²) >= 11 is 0. The predicted molar refractivity (Wildman–Crippen MR) is 64.5 cm³/mol. The van der Waals surface area contributed by atoms with E-state index in [1.807, 2.05) is 31.2 Å². The summed E-state index contributed by atoms with van der Waals surface area (Å²) < 4.78 is 0. The Morgan fingerprint density at radius 3 is 2.59 bits per heavy atom. The normalized spacial score (nSPS) is 11.9. The monoisotopic (exact) mass is 235 g/mol. The summed E-state index contributed by atoms with van der Waals surface area (Å²) in [4.78, 5) is 23.9. The zero-order valence-electron chi connectivity index (χ0n) is 10.3. The highest BCUT2D eigenvalue weighted by Gasteiger charge is 2.23. The molecule has 1 unspecified atom stereocenters. The molecule has 1 aromatic carbocycles. The average Bonchev–Trinajstić information content (AvgIpc) is 2.26. The summed E-state index contributed by atoms with van der Waals surface area (Å²) in [5.74, 6) is -2.46. The second kappa shape index (κ2) is 5.48. The van der Waals surface area contributed by atoms with Crippen LogP contribution >= 0.6 is 0 Å². The zero-order chi connectivity index (χ0) is 13.0. The molecule has 0 aliphatic carbocycles. The maximum absolute atomic E-state index is 11.7. The molecule has 0 aliphatic heterocycles. The maximum Gasteiger partial charge on any atom is 0.315 e. The van der Waals surface area contributed by atoms with Crippen LogP contribution in [0.5, 0.6) is 0 Å². The molecule has 1 atom stereocenters. The summed E-state index contributed by atoms with van der Waals surface area (Å²) in [7, 11) is 1.62. The van der Waals surface area contributed by atoms with E-state index >= 15 is 0 Å². The van der Waals surface area contributed by atoms with Crippen LogP contribution in [0.1, 0.15) is 18.1 Å². The first-order valence-corrected chi connectivity index (χ1v) is 5.45. The van der Waals surface area contributed by atoms with E-state index in [9.17, 15) is 9.59 Å². The quantitative estimate of drug-likeness (QED) is 0.808. The van der Waals surface area contributed by atoms with E-state index in [0.29, 0.717) is 6.54 Å². The number of carbonyl (C=O) groups excluding carboxylic acids is 1. The van der Waals surface area contributed by atoms with E-state index in [-0.39, 0.29) is 5.91 Å². The first kappa shape index (κ1) is 13.2. The van der Waals surface area contributed by atoms with Crippen molar-refractivity contribution in [3.8, 4) is 0 Å². The van der Waals surface area contributed by atoms with E-state index < -0.39 is 11.9 Å². The summed E-state index contributed by atoms with van der Waals surface area (Å²) in [6, 6.07) is 7.80. The first-order chi connectivity index (χ1) is 7.91. The summed E-state index contributed by atoms with van der Waals surface area (Å²) in [6.07, 6.45) is 0. The lowest BCUT2D eigenvalue weighted by molar-refractivity contribution is -0.149. The van der Waals surface area contributed by atoms with Crippen molar-refractivity contribution in [2.45, 2.75) is 20.4 Å². The molecule has 4 nitrogen and oxygen atoms in total. The SMILES string of the molecule is Cc1cccc(CN(C)C(=O)C(C)C(=O)O)c1. The summed E-state index contributed by atoms with van der Waals surface area (Å²) in [6.45, 7) is 3.81. The van der Waals surface area contributed by atoms with Gasteiger partial charge in [0.1, 0.15) is 5.92 Å². The third-order valence-corrected chi connectivity index (χ3v) is 2.62. The van der Waals surface area contributed by atoms with Gasteiger partial charge in [0.05, 0.1) is 0 Å². The lowest BCUT2D eigenvalue weighted by atomic mass is 10.1. The van der Waals surface area contributed by atoms with Crippen molar-refractivity contribution in [2.24, 2.45) is 5.92 Å². The molecule has 4 heteroatoms. The highest BCUT2D eigenvalue weighted by atomic mass is 16.4. The minimum Gasteiger partial charge on any atom is -0.481 e. The number of hydrogen-bond donors (Lipinski definition) is 1. The molecule has 1 rings (SSSR count). The van der Waals surface area contributed by atoms with Crippen molar-refractivity contribution >= 4 is 11.9 Å². The van der Waals surface area contributed by atoms with Gasteiger partial charge in [-0.25, -0.2) is 0 Å². The highest BCUT2D eigenvalue weighted by molar-refractivity contribution is 5.96. The molecule has 1 N–H and O–H groups in total. The van der Waals surface area contributed by atoms with Crippen molar-refractivity contribution in [1.29, 1.82) is 0 Å². The molecule has 0 saturated carbocycles. The molecule has 0 fully saturated rings.